The van der Waals surface area contributed by atoms with Crippen LogP contribution in [0, 0.1) is 0 Å². The first-order valence-electron chi connectivity index (χ1n) is 4.25. The van der Waals surface area contributed by atoms with Gasteiger partial charge in [-0.1, -0.05) is 30.1 Å². The van der Waals surface area contributed by atoms with E-state index in [1.165, 1.54) is 12.8 Å². The monoisotopic (exact) mass is 208 g/mol. The number of carbonyl (C=O) groups is 1. The zero-order valence-corrected chi connectivity index (χ0v) is 8.87. The second-order valence-electron chi connectivity index (χ2n) is 2.74. The first-order valence-corrected chi connectivity index (χ1v) is 6.29. The molecule has 0 aliphatic rings. The van der Waals surface area contributed by atoms with Crippen LogP contribution in [-0.2, 0) is 4.79 Å². The Kier molecular flexibility index (Phi) is 9.39. The molecule has 0 rings (SSSR count). The third-order valence-corrected chi connectivity index (χ3v) is 2.65. The molecular weight excluding hydrogens is 192 g/mol. The molecule has 2 nitrogen and oxygen atoms in total. The molecule has 12 heavy (non-hydrogen) atoms. The largest absolute Gasteiger partial charge is 0.481 e. The van der Waals surface area contributed by atoms with Gasteiger partial charge in [0.2, 0.25) is 0 Å². The van der Waals surface area contributed by atoms with Crippen molar-refractivity contribution in [1.82, 2.24) is 0 Å². The molecule has 0 saturated heterocycles. The molecule has 0 radical (unpaired) electrons. The maximum atomic E-state index is 10.1. The van der Waals surface area contributed by atoms with Crippen LogP contribution in [0.15, 0.2) is 0 Å². The maximum absolute atomic E-state index is 10.1. The van der Waals surface area contributed by atoms with Crippen LogP contribution >= 0.6 is 22.5 Å². The van der Waals surface area contributed by atoms with Gasteiger partial charge in [0.25, 0.3) is 0 Å². The molecule has 0 unspecified atom stereocenters. The Morgan fingerprint density at radius 2 is 1.75 bits per heavy atom. The lowest BCUT2D eigenvalue weighted by atomic mass is 10.1. The van der Waals surface area contributed by atoms with Crippen LogP contribution in [0.25, 0.3) is 0 Å². The van der Waals surface area contributed by atoms with E-state index in [0.717, 1.165) is 25.0 Å². The lowest BCUT2D eigenvalue weighted by molar-refractivity contribution is -0.137. The lowest BCUT2D eigenvalue weighted by Crippen LogP contribution is -1.93. The van der Waals surface area contributed by atoms with Crippen LogP contribution in [0.3, 0.4) is 0 Å². The topological polar surface area (TPSA) is 37.3 Å². The highest BCUT2D eigenvalue weighted by atomic mass is 33.1. The van der Waals surface area contributed by atoms with E-state index >= 15 is 0 Å². The van der Waals surface area contributed by atoms with Crippen molar-refractivity contribution in [2.75, 3.05) is 5.75 Å². The molecule has 0 amide bonds. The SMILES string of the molecule is O=C(O)CCCCCCCSS. The van der Waals surface area contributed by atoms with Crippen molar-refractivity contribution in [3.05, 3.63) is 0 Å². The zero-order valence-electron chi connectivity index (χ0n) is 7.16. The molecule has 0 aromatic heterocycles. The number of hydrogen-bond acceptors (Lipinski definition) is 3. The predicted molar refractivity (Wildman–Crippen MR) is 56.8 cm³/mol. The summed E-state index contributed by atoms with van der Waals surface area (Å²) in [5.74, 6) is 0.420. The summed E-state index contributed by atoms with van der Waals surface area (Å²) in [6.07, 6.45) is 5.74. The average Bonchev–Trinajstić information content (AvgIpc) is 2.02. The number of thiol groups is 1. The Bertz CT molecular complexity index is 118. The van der Waals surface area contributed by atoms with E-state index in [1.807, 2.05) is 0 Å². The minimum atomic E-state index is -0.680. The van der Waals surface area contributed by atoms with Gasteiger partial charge in [-0.2, -0.15) is 0 Å². The van der Waals surface area contributed by atoms with Crippen molar-refractivity contribution in [2.45, 2.75) is 38.5 Å². The normalized spacial score (nSPS) is 10.1. The minimum Gasteiger partial charge on any atom is -0.481 e. The molecule has 0 spiro atoms. The fourth-order valence-electron chi connectivity index (χ4n) is 0.973. The Labute approximate surface area is 82.9 Å². The van der Waals surface area contributed by atoms with Crippen molar-refractivity contribution < 1.29 is 9.90 Å². The van der Waals surface area contributed by atoms with Crippen LogP contribution < -0.4 is 0 Å². The van der Waals surface area contributed by atoms with E-state index in [1.54, 1.807) is 10.8 Å². The number of unbranched alkanes of at least 4 members (excludes halogenated alkanes) is 4. The fourth-order valence-corrected chi connectivity index (χ4v) is 1.69. The molecule has 1 N–H and O–H groups in total. The number of carboxylic acids is 1. The van der Waals surface area contributed by atoms with Crippen molar-refractivity contribution in [3.63, 3.8) is 0 Å². The molecular formula is C8H16O2S2. The van der Waals surface area contributed by atoms with Crippen LogP contribution in [0.4, 0.5) is 0 Å². The number of carboxylic acid groups (broad SMARTS) is 1. The Balaban J connectivity index is 2.86. The fraction of sp³-hybridized carbons (Fsp3) is 0.875. The zero-order chi connectivity index (χ0) is 9.23. The highest BCUT2D eigenvalue weighted by Gasteiger charge is 1.95. The Morgan fingerprint density at radius 3 is 2.33 bits per heavy atom. The van der Waals surface area contributed by atoms with E-state index in [9.17, 15) is 4.79 Å². The highest BCUT2D eigenvalue weighted by molar-refractivity contribution is 8.68. The molecule has 0 heterocycles. The quantitative estimate of drug-likeness (QED) is 0.366. The summed E-state index contributed by atoms with van der Waals surface area (Å²) in [4.78, 5) is 10.1. The molecule has 0 atom stereocenters. The predicted octanol–water partition coefficient (Wildman–Crippen LogP) is 2.99. The van der Waals surface area contributed by atoms with E-state index in [-0.39, 0.29) is 0 Å². The third-order valence-electron chi connectivity index (χ3n) is 1.63. The first kappa shape index (κ1) is 12.2. The van der Waals surface area contributed by atoms with Gasteiger partial charge in [0.05, 0.1) is 0 Å². The first-order chi connectivity index (χ1) is 5.77. The van der Waals surface area contributed by atoms with Crippen LogP contribution in [0.1, 0.15) is 38.5 Å². The van der Waals surface area contributed by atoms with Crippen molar-refractivity contribution in [3.8, 4) is 0 Å². The summed E-state index contributed by atoms with van der Waals surface area (Å²) < 4.78 is 0. The summed E-state index contributed by atoms with van der Waals surface area (Å²) in [5, 5.41) is 8.34. The second-order valence-corrected chi connectivity index (χ2v) is 4.19. The second kappa shape index (κ2) is 9.26. The molecule has 0 aliphatic carbocycles. The molecule has 0 saturated carbocycles. The summed E-state index contributed by atoms with van der Waals surface area (Å²) in [6.45, 7) is 0. The van der Waals surface area contributed by atoms with E-state index < -0.39 is 5.97 Å². The molecule has 0 fully saturated rings. The molecule has 0 bridgehead atoms. The Morgan fingerprint density at radius 1 is 1.17 bits per heavy atom. The summed E-state index contributed by atoms with van der Waals surface area (Å²) in [7, 11) is 1.57. The number of rotatable bonds is 8. The van der Waals surface area contributed by atoms with Crippen LogP contribution in [0.2, 0.25) is 0 Å². The average molecular weight is 208 g/mol. The van der Waals surface area contributed by atoms with Gasteiger partial charge >= 0.3 is 5.97 Å². The van der Waals surface area contributed by atoms with Crippen molar-refractivity contribution in [1.29, 1.82) is 0 Å². The van der Waals surface area contributed by atoms with E-state index in [2.05, 4.69) is 11.7 Å². The molecule has 0 aromatic carbocycles. The highest BCUT2D eigenvalue weighted by Crippen LogP contribution is 2.11. The summed E-state index contributed by atoms with van der Waals surface area (Å²) >= 11 is 4.03. The summed E-state index contributed by atoms with van der Waals surface area (Å²) in [5.41, 5.74) is 0. The van der Waals surface area contributed by atoms with E-state index in [0.29, 0.717) is 6.42 Å². The van der Waals surface area contributed by atoms with Crippen molar-refractivity contribution in [2.24, 2.45) is 0 Å². The van der Waals surface area contributed by atoms with Gasteiger partial charge in [0.15, 0.2) is 0 Å². The number of hydrogen-bond donors (Lipinski definition) is 2. The third kappa shape index (κ3) is 10.2. The standard InChI is InChI=1S/C8H16O2S2/c9-8(10)6-4-2-1-3-5-7-12-11/h11H,1-7H2,(H,9,10). The maximum Gasteiger partial charge on any atom is 0.303 e. The minimum absolute atomic E-state index is 0.321. The molecule has 4 heteroatoms. The summed E-state index contributed by atoms with van der Waals surface area (Å²) in [6, 6.07) is 0. The van der Waals surface area contributed by atoms with Gasteiger partial charge in [0, 0.05) is 12.2 Å². The molecule has 72 valence electrons. The van der Waals surface area contributed by atoms with Gasteiger partial charge < -0.3 is 5.11 Å². The van der Waals surface area contributed by atoms with E-state index in [4.69, 9.17) is 5.11 Å². The number of aliphatic carboxylic acids is 1. The lowest BCUT2D eigenvalue weighted by Gasteiger charge is -1.98. The van der Waals surface area contributed by atoms with Gasteiger partial charge in [0.1, 0.15) is 0 Å². The molecule has 0 aliphatic heterocycles. The van der Waals surface area contributed by atoms with Gasteiger partial charge in [-0.05, 0) is 12.8 Å². The van der Waals surface area contributed by atoms with Crippen LogP contribution in [-0.4, -0.2) is 16.8 Å². The smallest absolute Gasteiger partial charge is 0.303 e. The van der Waals surface area contributed by atoms with Gasteiger partial charge in [-0.3, -0.25) is 4.79 Å². The molecule has 0 aromatic rings. The van der Waals surface area contributed by atoms with Crippen LogP contribution in [0.5, 0.6) is 0 Å². The Hall–Kier alpha value is 0.170. The van der Waals surface area contributed by atoms with Crippen molar-refractivity contribution >= 4 is 28.4 Å². The van der Waals surface area contributed by atoms with Gasteiger partial charge in [-0.25, -0.2) is 0 Å². The van der Waals surface area contributed by atoms with Gasteiger partial charge in [-0.15, -0.1) is 11.7 Å².